The minimum atomic E-state index is -1.09. The largest absolute Gasteiger partial charge is 0.459 e. The van der Waals surface area contributed by atoms with E-state index in [4.69, 9.17) is 4.42 Å². The van der Waals surface area contributed by atoms with E-state index in [2.05, 4.69) is 5.32 Å². The molecule has 1 saturated carbocycles. The van der Waals surface area contributed by atoms with Crippen LogP contribution in [0.3, 0.4) is 0 Å². The molecule has 1 aromatic heterocycles. The van der Waals surface area contributed by atoms with Crippen molar-refractivity contribution >= 4 is 11.8 Å². The molecule has 172 valence electrons. The third-order valence-corrected chi connectivity index (χ3v) is 5.99. The normalized spacial score (nSPS) is 15.1. The van der Waals surface area contributed by atoms with Crippen LogP contribution in [0.15, 0.2) is 71.3 Å². The number of halogens is 2. The Morgan fingerprint density at radius 1 is 0.970 bits per heavy atom. The Morgan fingerprint density at radius 3 is 2.36 bits per heavy atom. The van der Waals surface area contributed by atoms with Gasteiger partial charge in [-0.25, -0.2) is 8.78 Å². The minimum absolute atomic E-state index is 0.00299. The molecule has 1 fully saturated rings. The zero-order valence-electron chi connectivity index (χ0n) is 18.2. The molecule has 1 heterocycles. The number of nitrogens with one attached hydrogen (secondary N) is 1. The van der Waals surface area contributed by atoms with Gasteiger partial charge in [-0.2, -0.15) is 0 Å². The van der Waals surface area contributed by atoms with Crippen LogP contribution >= 0.6 is 0 Å². The highest BCUT2D eigenvalue weighted by molar-refractivity contribution is 5.96. The second kappa shape index (κ2) is 10.4. The van der Waals surface area contributed by atoms with Gasteiger partial charge in [0.15, 0.2) is 5.76 Å². The van der Waals surface area contributed by atoms with Crippen molar-refractivity contribution in [2.24, 2.45) is 0 Å². The van der Waals surface area contributed by atoms with Crippen molar-refractivity contribution in [1.82, 2.24) is 10.2 Å². The number of rotatable bonds is 7. The molecule has 2 aromatic carbocycles. The van der Waals surface area contributed by atoms with Gasteiger partial charge < -0.3 is 14.6 Å². The SMILES string of the molecule is O=C(NC1CCCCC1)[C@H](c1ccc(F)cc1)N(Cc1ccccc1F)C(=O)c1ccco1. The summed E-state index contributed by atoms with van der Waals surface area (Å²) in [6, 6.07) is 13.5. The van der Waals surface area contributed by atoms with Crippen molar-refractivity contribution in [3.05, 3.63) is 95.4 Å². The average molecular weight is 453 g/mol. The second-order valence-electron chi connectivity index (χ2n) is 8.30. The molecule has 7 heteroatoms. The van der Waals surface area contributed by atoms with Gasteiger partial charge in [-0.05, 0) is 48.7 Å². The smallest absolute Gasteiger partial charge is 0.290 e. The maximum absolute atomic E-state index is 14.5. The van der Waals surface area contributed by atoms with E-state index >= 15 is 0 Å². The summed E-state index contributed by atoms with van der Waals surface area (Å²) in [5, 5.41) is 3.06. The van der Waals surface area contributed by atoms with Gasteiger partial charge in [0.05, 0.1) is 12.8 Å². The molecule has 1 aliphatic rings. The van der Waals surface area contributed by atoms with Gasteiger partial charge in [0.2, 0.25) is 5.91 Å². The third kappa shape index (κ3) is 5.48. The van der Waals surface area contributed by atoms with Gasteiger partial charge >= 0.3 is 0 Å². The lowest BCUT2D eigenvalue weighted by atomic mass is 9.94. The maximum atomic E-state index is 14.5. The second-order valence-corrected chi connectivity index (χ2v) is 8.30. The molecule has 0 bridgehead atoms. The van der Waals surface area contributed by atoms with Crippen LogP contribution in [0.4, 0.5) is 8.78 Å². The van der Waals surface area contributed by atoms with Gasteiger partial charge in [-0.3, -0.25) is 9.59 Å². The fraction of sp³-hybridized carbons (Fsp3) is 0.308. The summed E-state index contributed by atoms with van der Waals surface area (Å²) in [6.45, 7) is -0.160. The lowest BCUT2D eigenvalue weighted by Gasteiger charge is -2.33. The highest BCUT2D eigenvalue weighted by Gasteiger charge is 2.35. The Kier molecular flexibility index (Phi) is 7.17. The molecule has 5 nitrogen and oxygen atoms in total. The summed E-state index contributed by atoms with van der Waals surface area (Å²) in [5.74, 6) is -1.85. The first-order valence-electron chi connectivity index (χ1n) is 11.2. The molecule has 0 aliphatic heterocycles. The van der Waals surface area contributed by atoms with Crippen LogP contribution in [0.5, 0.6) is 0 Å². The lowest BCUT2D eigenvalue weighted by molar-refractivity contribution is -0.127. The molecule has 0 saturated heterocycles. The first kappa shape index (κ1) is 22.7. The molecule has 1 aliphatic carbocycles. The van der Waals surface area contributed by atoms with Crippen LogP contribution in [0.1, 0.15) is 59.8 Å². The van der Waals surface area contributed by atoms with Crippen molar-refractivity contribution in [3.8, 4) is 0 Å². The van der Waals surface area contributed by atoms with Crippen molar-refractivity contribution in [2.45, 2.75) is 50.7 Å². The minimum Gasteiger partial charge on any atom is -0.459 e. The Morgan fingerprint density at radius 2 is 1.70 bits per heavy atom. The van der Waals surface area contributed by atoms with E-state index in [0.717, 1.165) is 32.1 Å². The molecule has 0 unspecified atom stereocenters. The Labute approximate surface area is 191 Å². The molecule has 3 aromatic rings. The number of carbonyl (C=O) groups is 2. The monoisotopic (exact) mass is 452 g/mol. The van der Waals surface area contributed by atoms with E-state index in [0.29, 0.717) is 5.56 Å². The number of nitrogens with zero attached hydrogens (tertiary/aromatic N) is 1. The summed E-state index contributed by atoms with van der Waals surface area (Å²) in [7, 11) is 0. The quantitative estimate of drug-likeness (QED) is 0.523. The van der Waals surface area contributed by atoms with E-state index in [1.165, 1.54) is 47.6 Å². The van der Waals surface area contributed by atoms with E-state index in [9.17, 15) is 18.4 Å². The summed E-state index contributed by atoms with van der Waals surface area (Å²) < 4.78 is 33.5. The predicted octanol–water partition coefficient (Wildman–Crippen LogP) is 5.39. The van der Waals surface area contributed by atoms with Crippen LogP contribution in [-0.2, 0) is 11.3 Å². The predicted molar refractivity (Wildman–Crippen MR) is 119 cm³/mol. The van der Waals surface area contributed by atoms with E-state index in [1.807, 2.05) is 0 Å². The molecule has 4 rings (SSSR count). The highest BCUT2D eigenvalue weighted by atomic mass is 19.1. The Hall–Kier alpha value is -3.48. The van der Waals surface area contributed by atoms with Crippen LogP contribution < -0.4 is 5.32 Å². The van der Waals surface area contributed by atoms with Crippen LogP contribution in [0.25, 0.3) is 0 Å². The number of hydrogen-bond acceptors (Lipinski definition) is 3. The van der Waals surface area contributed by atoms with E-state index < -0.39 is 23.6 Å². The van der Waals surface area contributed by atoms with Gasteiger partial charge in [-0.1, -0.05) is 49.6 Å². The first-order chi connectivity index (χ1) is 16.0. The van der Waals surface area contributed by atoms with Gasteiger partial charge in [0.25, 0.3) is 5.91 Å². The van der Waals surface area contributed by atoms with Gasteiger partial charge in [-0.15, -0.1) is 0 Å². The topological polar surface area (TPSA) is 62.6 Å². The Bertz CT molecular complexity index is 1080. The fourth-order valence-corrected chi connectivity index (χ4v) is 4.28. The lowest BCUT2D eigenvalue weighted by Crippen LogP contribution is -2.46. The molecule has 0 radical (unpaired) electrons. The maximum Gasteiger partial charge on any atom is 0.290 e. The fourth-order valence-electron chi connectivity index (χ4n) is 4.28. The van der Waals surface area contributed by atoms with E-state index in [1.54, 1.807) is 24.3 Å². The number of furan rings is 1. The average Bonchev–Trinajstić information content (AvgIpc) is 3.36. The standard InChI is InChI=1S/C26H26F2N2O3/c27-20-14-12-18(13-15-20)24(25(31)29-21-8-2-1-3-9-21)30(26(32)23-11-6-16-33-23)17-19-7-4-5-10-22(19)28/h4-7,10-16,21,24H,1-3,8-9,17H2,(H,29,31)/t24-/m0/s1. The molecule has 33 heavy (non-hydrogen) atoms. The third-order valence-electron chi connectivity index (χ3n) is 5.99. The zero-order valence-corrected chi connectivity index (χ0v) is 18.2. The van der Waals surface area contributed by atoms with Crippen molar-refractivity contribution in [3.63, 3.8) is 0 Å². The van der Waals surface area contributed by atoms with E-state index in [-0.39, 0.29) is 29.8 Å². The number of hydrogen-bond donors (Lipinski definition) is 1. The molecule has 2 amide bonds. The number of carbonyl (C=O) groups excluding carboxylic acids is 2. The summed E-state index contributed by atoms with van der Waals surface area (Å²) >= 11 is 0. The van der Waals surface area contributed by atoms with Crippen molar-refractivity contribution in [2.75, 3.05) is 0 Å². The van der Waals surface area contributed by atoms with Gasteiger partial charge in [0, 0.05) is 11.6 Å². The molecule has 1 N–H and O–H groups in total. The van der Waals surface area contributed by atoms with Crippen LogP contribution in [-0.4, -0.2) is 22.8 Å². The molecular formula is C26H26F2N2O3. The Balaban J connectivity index is 1.73. The highest BCUT2D eigenvalue weighted by Crippen LogP contribution is 2.28. The summed E-state index contributed by atoms with van der Waals surface area (Å²) in [4.78, 5) is 28.3. The molecular weight excluding hydrogens is 426 g/mol. The van der Waals surface area contributed by atoms with Crippen molar-refractivity contribution in [1.29, 1.82) is 0 Å². The number of benzene rings is 2. The summed E-state index contributed by atoms with van der Waals surface area (Å²) in [5.41, 5.74) is 0.691. The number of amides is 2. The van der Waals surface area contributed by atoms with Crippen LogP contribution in [0.2, 0.25) is 0 Å². The zero-order chi connectivity index (χ0) is 23.2. The van der Waals surface area contributed by atoms with Crippen LogP contribution in [0, 0.1) is 11.6 Å². The van der Waals surface area contributed by atoms with Gasteiger partial charge in [0.1, 0.15) is 17.7 Å². The molecule has 1 atom stereocenters. The molecule has 0 spiro atoms. The van der Waals surface area contributed by atoms with Crippen molar-refractivity contribution < 1.29 is 22.8 Å². The summed E-state index contributed by atoms with van der Waals surface area (Å²) in [6.07, 6.45) is 6.27. The first-order valence-corrected chi connectivity index (χ1v) is 11.2.